The van der Waals surface area contributed by atoms with Gasteiger partial charge in [0.1, 0.15) is 11.7 Å². The fourth-order valence-corrected chi connectivity index (χ4v) is 4.87. The largest absolute Gasteiger partial charge is 0.478 e. The standard InChI is InChI=1S/C28H35N3O5/c1-18-14-31(19(2)17-32)27(33)24-12-23(21-6-4-5-7-21)13-29-26(24)36-25(18)16-30(3)15-20-8-10-22(11-9-20)28(34)35/h6,8-13,18-19,25,32H,4-5,7,14-17H2,1-3H3,(H,34,35)/t18-,19-,25-/m1/s1. The Morgan fingerprint density at radius 3 is 2.69 bits per heavy atom. The molecule has 0 spiro atoms. The summed E-state index contributed by atoms with van der Waals surface area (Å²) in [5, 5.41) is 19.0. The van der Waals surface area contributed by atoms with Gasteiger partial charge in [0.25, 0.3) is 5.91 Å². The zero-order valence-electron chi connectivity index (χ0n) is 21.2. The van der Waals surface area contributed by atoms with E-state index in [-0.39, 0.29) is 36.1 Å². The van der Waals surface area contributed by atoms with Crippen LogP contribution in [0.15, 0.2) is 42.6 Å². The number of amides is 1. The van der Waals surface area contributed by atoms with Gasteiger partial charge >= 0.3 is 5.97 Å². The maximum Gasteiger partial charge on any atom is 0.335 e. The van der Waals surface area contributed by atoms with E-state index in [9.17, 15) is 14.7 Å². The van der Waals surface area contributed by atoms with Crippen LogP contribution in [0.1, 0.15) is 65.0 Å². The van der Waals surface area contributed by atoms with E-state index < -0.39 is 5.97 Å². The highest BCUT2D eigenvalue weighted by Gasteiger charge is 2.34. The van der Waals surface area contributed by atoms with Crippen LogP contribution in [0.2, 0.25) is 0 Å². The molecule has 0 saturated carbocycles. The maximum absolute atomic E-state index is 13.6. The number of pyridine rings is 1. The first kappa shape index (κ1) is 25.9. The Bertz CT molecular complexity index is 1130. The van der Waals surface area contributed by atoms with E-state index in [1.54, 1.807) is 23.2 Å². The fourth-order valence-electron chi connectivity index (χ4n) is 4.87. The van der Waals surface area contributed by atoms with Gasteiger partial charge in [-0.15, -0.1) is 0 Å². The molecule has 1 aliphatic carbocycles. The zero-order chi connectivity index (χ0) is 25.8. The lowest BCUT2D eigenvalue weighted by molar-refractivity contribution is 0.0325. The van der Waals surface area contributed by atoms with E-state index in [0.29, 0.717) is 31.1 Å². The van der Waals surface area contributed by atoms with Crippen LogP contribution < -0.4 is 4.74 Å². The predicted molar refractivity (Wildman–Crippen MR) is 137 cm³/mol. The van der Waals surface area contributed by atoms with Crippen molar-refractivity contribution in [2.24, 2.45) is 5.92 Å². The molecular formula is C28H35N3O5. The number of aromatic nitrogens is 1. The van der Waals surface area contributed by atoms with Crippen molar-refractivity contribution in [3.63, 3.8) is 0 Å². The molecule has 36 heavy (non-hydrogen) atoms. The van der Waals surface area contributed by atoms with Crippen molar-refractivity contribution in [2.75, 3.05) is 26.7 Å². The van der Waals surface area contributed by atoms with E-state index in [4.69, 9.17) is 9.84 Å². The molecular weight excluding hydrogens is 458 g/mol. The van der Waals surface area contributed by atoms with Crippen LogP contribution in [0.3, 0.4) is 0 Å². The third-order valence-electron chi connectivity index (χ3n) is 7.08. The molecule has 1 amide bonds. The highest BCUT2D eigenvalue weighted by molar-refractivity contribution is 5.97. The molecule has 1 aromatic carbocycles. The molecule has 2 N–H and O–H groups in total. The lowest BCUT2D eigenvalue weighted by atomic mass is 9.99. The molecule has 0 saturated heterocycles. The number of benzene rings is 1. The van der Waals surface area contributed by atoms with Gasteiger partial charge in [0.2, 0.25) is 5.88 Å². The first-order valence-electron chi connectivity index (χ1n) is 12.6. The predicted octanol–water partition coefficient (Wildman–Crippen LogP) is 3.70. The second kappa shape index (κ2) is 11.2. The van der Waals surface area contributed by atoms with Gasteiger partial charge in [-0.2, -0.15) is 0 Å². The number of carboxylic acids is 1. The number of rotatable bonds is 8. The number of ether oxygens (including phenoxy) is 1. The normalized spacial score (nSPS) is 20.9. The van der Waals surface area contributed by atoms with Crippen LogP contribution in [-0.2, 0) is 6.54 Å². The van der Waals surface area contributed by atoms with Gasteiger partial charge in [-0.1, -0.05) is 25.1 Å². The summed E-state index contributed by atoms with van der Waals surface area (Å²) in [7, 11) is 1.99. The molecule has 0 bridgehead atoms. The van der Waals surface area contributed by atoms with Crippen molar-refractivity contribution >= 4 is 17.4 Å². The fraction of sp³-hybridized carbons (Fsp3) is 0.464. The molecule has 2 aliphatic rings. The number of carbonyl (C=O) groups is 2. The maximum atomic E-state index is 13.6. The number of hydrogen-bond donors (Lipinski definition) is 2. The number of aromatic carboxylic acids is 1. The van der Waals surface area contributed by atoms with Crippen molar-refractivity contribution in [1.29, 1.82) is 0 Å². The number of aliphatic hydroxyl groups is 1. The Morgan fingerprint density at radius 1 is 1.31 bits per heavy atom. The van der Waals surface area contributed by atoms with E-state index in [1.807, 2.05) is 39.1 Å². The molecule has 1 aromatic heterocycles. The van der Waals surface area contributed by atoms with Crippen molar-refractivity contribution < 1.29 is 24.5 Å². The van der Waals surface area contributed by atoms with Crippen LogP contribution in [0, 0.1) is 5.92 Å². The van der Waals surface area contributed by atoms with Gasteiger partial charge in [0, 0.05) is 31.7 Å². The topological polar surface area (TPSA) is 103 Å². The molecule has 0 radical (unpaired) electrons. The Morgan fingerprint density at radius 2 is 2.06 bits per heavy atom. The van der Waals surface area contributed by atoms with Gasteiger partial charge < -0.3 is 19.8 Å². The average molecular weight is 494 g/mol. The van der Waals surface area contributed by atoms with Crippen LogP contribution in [-0.4, -0.2) is 75.8 Å². The number of nitrogens with zero attached hydrogens (tertiary/aromatic N) is 3. The summed E-state index contributed by atoms with van der Waals surface area (Å²) in [5.74, 6) is -0.793. The minimum atomic E-state index is -0.943. The van der Waals surface area contributed by atoms with E-state index in [2.05, 4.69) is 16.0 Å². The van der Waals surface area contributed by atoms with E-state index >= 15 is 0 Å². The number of allylic oxidation sites excluding steroid dienone is 2. The molecule has 2 aromatic rings. The average Bonchev–Trinajstić information content (AvgIpc) is 3.41. The number of carboxylic acid groups (broad SMARTS) is 1. The minimum absolute atomic E-state index is 0.00745. The van der Waals surface area contributed by atoms with Gasteiger partial charge in [0.05, 0.1) is 18.2 Å². The van der Waals surface area contributed by atoms with Crippen molar-refractivity contribution in [2.45, 2.75) is 51.8 Å². The molecule has 2 heterocycles. The van der Waals surface area contributed by atoms with Crippen molar-refractivity contribution in [3.05, 3.63) is 64.9 Å². The Kier molecular flexibility index (Phi) is 8.06. The first-order chi connectivity index (χ1) is 17.3. The highest BCUT2D eigenvalue weighted by Crippen LogP contribution is 2.32. The van der Waals surface area contributed by atoms with E-state index in [0.717, 1.165) is 30.4 Å². The molecule has 192 valence electrons. The van der Waals surface area contributed by atoms with Crippen LogP contribution >= 0.6 is 0 Å². The summed E-state index contributed by atoms with van der Waals surface area (Å²) >= 11 is 0. The van der Waals surface area contributed by atoms with Gasteiger partial charge in [-0.25, -0.2) is 9.78 Å². The lowest BCUT2D eigenvalue weighted by Gasteiger charge is -2.37. The first-order valence-corrected chi connectivity index (χ1v) is 12.6. The molecule has 1 aliphatic heterocycles. The van der Waals surface area contributed by atoms with Crippen LogP contribution in [0.25, 0.3) is 5.57 Å². The van der Waals surface area contributed by atoms with Gasteiger partial charge in [-0.3, -0.25) is 9.69 Å². The summed E-state index contributed by atoms with van der Waals surface area (Å²) in [4.78, 5) is 33.1. The van der Waals surface area contributed by atoms with Gasteiger partial charge in [-0.05, 0) is 68.1 Å². The number of hydrogen-bond acceptors (Lipinski definition) is 6. The zero-order valence-corrected chi connectivity index (χ0v) is 21.2. The Hall–Kier alpha value is -3.23. The minimum Gasteiger partial charge on any atom is -0.478 e. The van der Waals surface area contributed by atoms with Crippen LogP contribution in [0.5, 0.6) is 5.88 Å². The molecule has 8 nitrogen and oxygen atoms in total. The number of likely N-dealkylation sites (N-methyl/N-ethyl adjacent to an activating group) is 1. The van der Waals surface area contributed by atoms with Crippen LogP contribution in [0.4, 0.5) is 0 Å². The third kappa shape index (κ3) is 5.77. The summed E-state index contributed by atoms with van der Waals surface area (Å²) in [6.45, 7) is 5.45. The Balaban J connectivity index is 1.58. The molecule has 3 atom stereocenters. The molecule has 0 unspecified atom stereocenters. The van der Waals surface area contributed by atoms with Crippen molar-refractivity contribution in [1.82, 2.24) is 14.8 Å². The van der Waals surface area contributed by atoms with E-state index in [1.165, 1.54) is 5.57 Å². The smallest absolute Gasteiger partial charge is 0.335 e. The summed E-state index contributed by atoms with van der Waals surface area (Å²) < 4.78 is 6.40. The molecule has 0 fully saturated rings. The SMILES string of the molecule is C[C@@H]1CN([C@H](C)CO)C(=O)c2cc(C3=CCCC3)cnc2O[C@@H]1CN(C)Cc1ccc(C(=O)O)cc1. The second-order valence-electron chi connectivity index (χ2n) is 10.0. The third-order valence-corrected chi connectivity index (χ3v) is 7.08. The van der Waals surface area contributed by atoms with Gasteiger partial charge in [0.15, 0.2) is 0 Å². The highest BCUT2D eigenvalue weighted by atomic mass is 16.5. The summed E-state index contributed by atoms with van der Waals surface area (Å²) in [6, 6.07) is 8.42. The Labute approximate surface area is 212 Å². The monoisotopic (exact) mass is 493 g/mol. The van der Waals surface area contributed by atoms with Crippen molar-refractivity contribution in [3.8, 4) is 5.88 Å². The second-order valence-corrected chi connectivity index (χ2v) is 10.0. The summed E-state index contributed by atoms with van der Waals surface area (Å²) in [6.07, 6.45) is 6.88. The summed E-state index contributed by atoms with van der Waals surface area (Å²) in [5.41, 5.74) is 3.85. The quantitative estimate of drug-likeness (QED) is 0.578. The molecule has 8 heteroatoms. The molecule has 4 rings (SSSR count). The number of carbonyl (C=O) groups excluding carboxylic acids is 1. The number of fused-ring (bicyclic) bond motifs is 1. The number of aliphatic hydroxyl groups excluding tert-OH is 1. The lowest BCUT2D eigenvalue weighted by Crippen LogP contribution is -2.49.